The van der Waals surface area contributed by atoms with Crippen molar-refractivity contribution in [2.75, 3.05) is 18.0 Å². The van der Waals surface area contributed by atoms with Crippen molar-refractivity contribution in [2.45, 2.75) is 19.8 Å². The number of rotatable bonds is 5. The van der Waals surface area contributed by atoms with E-state index < -0.39 is 0 Å². The molecule has 1 heterocycles. The fourth-order valence-corrected chi connectivity index (χ4v) is 2.76. The predicted octanol–water partition coefficient (Wildman–Crippen LogP) is 3.50. The molecule has 1 aliphatic heterocycles. The molecular weight excluding hydrogens is 300 g/mol. The predicted molar refractivity (Wildman–Crippen MR) is 96.9 cm³/mol. The van der Waals surface area contributed by atoms with Gasteiger partial charge >= 0.3 is 0 Å². The van der Waals surface area contributed by atoms with Crippen molar-refractivity contribution in [1.82, 2.24) is 0 Å². The molecule has 0 bridgehead atoms. The van der Waals surface area contributed by atoms with Crippen LogP contribution in [0, 0.1) is 6.92 Å². The van der Waals surface area contributed by atoms with Crippen molar-refractivity contribution < 1.29 is 9.53 Å². The molecule has 0 spiro atoms. The number of amides is 1. The summed E-state index contributed by atoms with van der Waals surface area (Å²) in [6.07, 6.45) is 3.55. The molecule has 2 aromatic carbocycles. The molecule has 0 saturated carbocycles. The molecule has 2 N–H and O–H groups in total. The number of aryl methyl sites for hydroxylation is 1. The van der Waals surface area contributed by atoms with Gasteiger partial charge in [0.15, 0.2) is 11.5 Å². The summed E-state index contributed by atoms with van der Waals surface area (Å²) in [6, 6.07) is 15.6. The van der Waals surface area contributed by atoms with E-state index in [9.17, 15) is 4.79 Å². The molecule has 4 heteroatoms. The highest BCUT2D eigenvalue weighted by Crippen LogP contribution is 2.36. The van der Waals surface area contributed by atoms with Gasteiger partial charge in [0.2, 0.25) is 0 Å². The molecule has 4 nitrogen and oxygen atoms in total. The molecule has 0 unspecified atom stereocenters. The zero-order valence-electron chi connectivity index (χ0n) is 13.9. The van der Waals surface area contributed by atoms with E-state index in [1.165, 1.54) is 0 Å². The van der Waals surface area contributed by atoms with Crippen LogP contribution in [0.15, 0.2) is 54.3 Å². The number of benzene rings is 2. The van der Waals surface area contributed by atoms with Gasteiger partial charge in [-0.15, -0.1) is 0 Å². The minimum Gasteiger partial charge on any atom is -0.449 e. The van der Waals surface area contributed by atoms with Gasteiger partial charge in [0.1, 0.15) is 0 Å². The van der Waals surface area contributed by atoms with Crippen molar-refractivity contribution in [3.8, 4) is 5.75 Å². The van der Waals surface area contributed by atoms with E-state index in [1.54, 1.807) is 11.0 Å². The number of nitrogens with zero attached hydrogens (tertiary/aromatic N) is 1. The van der Waals surface area contributed by atoms with Crippen LogP contribution in [0.5, 0.6) is 5.75 Å². The van der Waals surface area contributed by atoms with E-state index in [1.807, 2.05) is 55.5 Å². The number of fused-ring (bicyclic) bond motifs is 1. The number of hydrogen-bond acceptors (Lipinski definition) is 3. The topological polar surface area (TPSA) is 55.6 Å². The quantitative estimate of drug-likeness (QED) is 0.677. The Morgan fingerprint density at radius 3 is 2.67 bits per heavy atom. The minimum atomic E-state index is -0.103. The number of ether oxygens (including phenoxy) is 1. The number of anilines is 1. The molecule has 24 heavy (non-hydrogen) atoms. The number of carbonyl (C=O) groups excluding carboxylic acids is 1. The molecule has 2 aromatic rings. The maximum absolute atomic E-state index is 12.9. The molecule has 1 aliphatic rings. The van der Waals surface area contributed by atoms with Crippen LogP contribution < -0.4 is 15.4 Å². The van der Waals surface area contributed by atoms with Crippen molar-refractivity contribution in [1.29, 1.82) is 0 Å². The molecule has 1 amide bonds. The van der Waals surface area contributed by atoms with Gasteiger partial charge in [0.05, 0.1) is 5.69 Å². The average Bonchev–Trinajstić information content (AvgIpc) is 2.59. The zero-order chi connectivity index (χ0) is 16.9. The van der Waals surface area contributed by atoms with Gasteiger partial charge in [-0.1, -0.05) is 36.4 Å². The first-order valence-electron chi connectivity index (χ1n) is 8.26. The Bertz CT molecular complexity index is 753. The minimum absolute atomic E-state index is 0.103. The van der Waals surface area contributed by atoms with E-state index in [2.05, 4.69) is 0 Å². The first kappa shape index (κ1) is 16.3. The average molecular weight is 322 g/mol. The van der Waals surface area contributed by atoms with Crippen LogP contribution in [0.25, 0.3) is 6.08 Å². The normalized spacial score (nSPS) is 15.3. The second kappa shape index (κ2) is 7.32. The second-order valence-corrected chi connectivity index (χ2v) is 5.95. The highest BCUT2D eigenvalue weighted by atomic mass is 16.5. The standard InChI is InChI=1S/C20H22N2O2/c1-15-9-10-18-17(13-15)22(12-6-5-11-21)20(23)19(24-18)14-16-7-3-2-4-8-16/h2-4,7-10,13-14H,5-6,11-12,21H2,1H3/b19-14+. The zero-order valence-corrected chi connectivity index (χ0v) is 13.9. The Morgan fingerprint density at radius 1 is 1.12 bits per heavy atom. The van der Waals surface area contributed by atoms with Crippen molar-refractivity contribution in [3.05, 3.63) is 65.4 Å². The Labute approximate surface area is 142 Å². The van der Waals surface area contributed by atoms with Crippen LogP contribution in [0.1, 0.15) is 24.0 Å². The third kappa shape index (κ3) is 3.49. The SMILES string of the molecule is Cc1ccc2c(c1)N(CCCCN)C(=O)/C(=C\c1ccccc1)O2. The van der Waals surface area contributed by atoms with Crippen molar-refractivity contribution in [3.63, 3.8) is 0 Å². The Morgan fingerprint density at radius 2 is 1.92 bits per heavy atom. The lowest BCUT2D eigenvalue weighted by molar-refractivity contribution is -0.117. The van der Waals surface area contributed by atoms with E-state index in [-0.39, 0.29) is 5.91 Å². The maximum Gasteiger partial charge on any atom is 0.294 e. The summed E-state index contributed by atoms with van der Waals surface area (Å²) in [5.41, 5.74) is 8.47. The molecule has 0 saturated heterocycles. The third-order valence-corrected chi connectivity index (χ3v) is 4.01. The molecular formula is C20H22N2O2. The van der Waals surface area contributed by atoms with E-state index in [0.29, 0.717) is 18.8 Å². The monoisotopic (exact) mass is 322 g/mol. The van der Waals surface area contributed by atoms with Gasteiger partial charge in [-0.05, 0) is 55.6 Å². The van der Waals surface area contributed by atoms with Gasteiger partial charge in [-0.3, -0.25) is 4.79 Å². The number of carbonyl (C=O) groups is 1. The van der Waals surface area contributed by atoms with Crippen LogP contribution in [0.4, 0.5) is 5.69 Å². The first-order valence-corrected chi connectivity index (χ1v) is 8.26. The summed E-state index contributed by atoms with van der Waals surface area (Å²) in [4.78, 5) is 14.7. The van der Waals surface area contributed by atoms with Gasteiger partial charge in [-0.2, -0.15) is 0 Å². The molecule has 0 aliphatic carbocycles. The second-order valence-electron chi connectivity index (χ2n) is 5.95. The van der Waals surface area contributed by atoms with Gasteiger partial charge in [-0.25, -0.2) is 0 Å². The van der Waals surface area contributed by atoms with Gasteiger partial charge < -0.3 is 15.4 Å². The highest BCUT2D eigenvalue weighted by Gasteiger charge is 2.29. The van der Waals surface area contributed by atoms with E-state index in [0.717, 1.165) is 35.4 Å². The molecule has 0 atom stereocenters. The summed E-state index contributed by atoms with van der Waals surface area (Å²) in [5.74, 6) is 0.967. The lowest BCUT2D eigenvalue weighted by Crippen LogP contribution is -2.38. The lowest BCUT2D eigenvalue weighted by atomic mass is 10.1. The summed E-state index contributed by atoms with van der Waals surface area (Å²) in [6.45, 7) is 3.28. The summed E-state index contributed by atoms with van der Waals surface area (Å²) in [5, 5.41) is 0. The lowest BCUT2D eigenvalue weighted by Gasteiger charge is -2.31. The molecule has 124 valence electrons. The Hall–Kier alpha value is -2.59. The smallest absolute Gasteiger partial charge is 0.294 e. The summed E-state index contributed by atoms with van der Waals surface area (Å²) < 4.78 is 5.88. The first-order chi connectivity index (χ1) is 11.7. The van der Waals surface area contributed by atoms with Crippen LogP contribution >= 0.6 is 0 Å². The number of unbranched alkanes of at least 4 members (excludes halogenated alkanes) is 1. The molecule has 0 fully saturated rings. The molecule has 0 aromatic heterocycles. The summed E-state index contributed by atoms with van der Waals surface area (Å²) >= 11 is 0. The number of nitrogens with two attached hydrogens (primary N) is 1. The number of hydrogen-bond donors (Lipinski definition) is 1. The third-order valence-electron chi connectivity index (χ3n) is 4.01. The van der Waals surface area contributed by atoms with Crippen LogP contribution in [-0.4, -0.2) is 19.0 Å². The van der Waals surface area contributed by atoms with Gasteiger partial charge in [0, 0.05) is 6.54 Å². The Kier molecular flexibility index (Phi) is 4.96. The summed E-state index contributed by atoms with van der Waals surface area (Å²) in [7, 11) is 0. The van der Waals surface area contributed by atoms with Crippen LogP contribution in [-0.2, 0) is 4.79 Å². The van der Waals surface area contributed by atoms with Crippen molar-refractivity contribution >= 4 is 17.7 Å². The maximum atomic E-state index is 12.9. The Balaban J connectivity index is 1.96. The van der Waals surface area contributed by atoms with E-state index in [4.69, 9.17) is 10.5 Å². The van der Waals surface area contributed by atoms with Crippen LogP contribution in [0.3, 0.4) is 0 Å². The van der Waals surface area contributed by atoms with Crippen molar-refractivity contribution in [2.24, 2.45) is 5.73 Å². The molecule has 3 rings (SSSR count). The molecule has 0 radical (unpaired) electrons. The largest absolute Gasteiger partial charge is 0.449 e. The highest BCUT2D eigenvalue weighted by molar-refractivity contribution is 6.09. The van der Waals surface area contributed by atoms with Crippen LogP contribution in [0.2, 0.25) is 0 Å². The van der Waals surface area contributed by atoms with E-state index >= 15 is 0 Å². The van der Waals surface area contributed by atoms with Gasteiger partial charge in [0.25, 0.3) is 5.91 Å². The fourth-order valence-electron chi connectivity index (χ4n) is 2.76. The fraction of sp³-hybridized carbons (Fsp3) is 0.250.